The maximum atomic E-state index is 14.2. The van der Waals surface area contributed by atoms with Crippen molar-refractivity contribution in [3.8, 4) is 0 Å². The number of benzene rings is 1. The molecule has 5 saturated heterocycles. The van der Waals surface area contributed by atoms with Crippen LogP contribution in [0, 0.1) is 18.3 Å². The molecule has 1 spiro atoms. The van der Waals surface area contributed by atoms with E-state index in [-0.39, 0.29) is 30.0 Å². The third-order valence-electron chi connectivity index (χ3n) is 13.5. The maximum absolute atomic E-state index is 14.2. The van der Waals surface area contributed by atoms with Crippen molar-refractivity contribution in [1.29, 1.82) is 0 Å². The number of nitrogens with one attached hydrogen (secondary N) is 1. The molecule has 0 radical (unpaired) electrons. The van der Waals surface area contributed by atoms with Crippen LogP contribution >= 0.6 is 11.5 Å². The summed E-state index contributed by atoms with van der Waals surface area (Å²) in [6, 6.07) is 6.45. The lowest BCUT2D eigenvalue weighted by atomic mass is 9.76. The fourth-order valence-corrected chi connectivity index (χ4v) is 10.9. The summed E-state index contributed by atoms with van der Waals surface area (Å²) in [7, 11) is 0. The van der Waals surface area contributed by atoms with Gasteiger partial charge >= 0.3 is 0 Å². The Labute approximate surface area is 346 Å². The lowest BCUT2D eigenvalue weighted by Crippen LogP contribution is -2.54. The molecule has 5 fully saturated rings. The minimum atomic E-state index is -0.978. The summed E-state index contributed by atoms with van der Waals surface area (Å²) in [5.41, 5.74) is 8.50. The lowest BCUT2D eigenvalue weighted by Gasteiger charge is -2.42. The summed E-state index contributed by atoms with van der Waals surface area (Å²) in [4.78, 5) is 97.6. The topological polar surface area (TPSA) is 195 Å². The SMILES string of the molecule is Cc1cc(Cc2nc(N3CCCC(N4CCC5(CCN(CC6CCN(c7ccc8c(c7)C(=O)N(C7CCC(=O)NC7=O)C8=O)CC6)CC5)C4=O)C3)cnc2C(N)=O)sn1. The maximum Gasteiger partial charge on any atom is 0.269 e. The van der Waals surface area contributed by atoms with Gasteiger partial charge in [-0.2, -0.15) is 4.37 Å². The zero-order valence-corrected chi connectivity index (χ0v) is 34.2. The van der Waals surface area contributed by atoms with E-state index < -0.39 is 35.6 Å². The molecular formula is C42H50N10O6S. The van der Waals surface area contributed by atoms with Crippen molar-refractivity contribution in [1.82, 2.24) is 34.4 Å². The number of imide groups is 2. The van der Waals surface area contributed by atoms with Crippen LogP contribution in [0.2, 0.25) is 0 Å². The Kier molecular flexibility index (Phi) is 10.4. The number of primary amides is 1. The van der Waals surface area contributed by atoms with Crippen LogP contribution < -0.4 is 20.9 Å². The Morgan fingerprint density at radius 3 is 2.41 bits per heavy atom. The molecule has 6 amide bonds. The second-order valence-electron chi connectivity index (χ2n) is 17.2. The smallest absolute Gasteiger partial charge is 0.269 e. The van der Waals surface area contributed by atoms with E-state index >= 15 is 0 Å². The first kappa shape index (κ1) is 39.2. The van der Waals surface area contributed by atoms with Gasteiger partial charge in [-0.3, -0.25) is 39.0 Å². The highest BCUT2D eigenvalue weighted by Crippen LogP contribution is 2.44. The number of carbonyl (C=O) groups is 6. The van der Waals surface area contributed by atoms with Gasteiger partial charge in [-0.25, -0.2) is 9.97 Å². The van der Waals surface area contributed by atoms with Crippen LogP contribution in [-0.4, -0.2) is 129 Å². The van der Waals surface area contributed by atoms with Crippen molar-refractivity contribution in [3.05, 3.63) is 63.5 Å². The molecule has 3 aromatic rings. The van der Waals surface area contributed by atoms with Gasteiger partial charge in [0.1, 0.15) is 17.6 Å². The number of carbonyl (C=O) groups excluding carboxylic acids is 6. The monoisotopic (exact) mass is 822 g/mol. The van der Waals surface area contributed by atoms with E-state index in [0.717, 1.165) is 112 Å². The molecular weight excluding hydrogens is 773 g/mol. The van der Waals surface area contributed by atoms with Crippen LogP contribution in [0.15, 0.2) is 30.5 Å². The molecule has 3 N–H and O–H groups in total. The van der Waals surface area contributed by atoms with Crippen molar-refractivity contribution >= 4 is 58.5 Å². The van der Waals surface area contributed by atoms with Crippen molar-refractivity contribution in [3.63, 3.8) is 0 Å². The minimum Gasteiger partial charge on any atom is -0.371 e. The third-order valence-corrected chi connectivity index (χ3v) is 14.4. The number of hydrogen-bond acceptors (Lipinski definition) is 13. The first-order valence-electron chi connectivity index (χ1n) is 20.9. The van der Waals surface area contributed by atoms with E-state index in [1.54, 1.807) is 18.3 Å². The quantitative estimate of drug-likeness (QED) is 0.300. The summed E-state index contributed by atoms with van der Waals surface area (Å²) in [5.74, 6) is -1.06. The molecule has 8 heterocycles. The van der Waals surface area contributed by atoms with Crippen molar-refractivity contribution in [2.75, 3.05) is 62.2 Å². The lowest BCUT2D eigenvalue weighted by molar-refractivity contribution is -0.140. The molecule has 9 rings (SSSR count). The fraction of sp³-hybridized carbons (Fsp3) is 0.548. The van der Waals surface area contributed by atoms with Gasteiger partial charge in [0, 0.05) is 68.7 Å². The highest BCUT2D eigenvalue weighted by molar-refractivity contribution is 7.05. The molecule has 2 atom stereocenters. The Bertz CT molecular complexity index is 2210. The highest BCUT2D eigenvalue weighted by Gasteiger charge is 2.50. The summed E-state index contributed by atoms with van der Waals surface area (Å²) < 4.78 is 4.36. The number of piperidine rings is 4. The molecule has 0 bridgehead atoms. The average molecular weight is 823 g/mol. The Morgan fingerprint density at radius 1 is 0.915 bits per heavy atom. The van der Waals surface area contributed by atoms with Crippen LogP contribution in [0.25, 0.3) is 0 Å². The average Bonchev–Trinajstić information content (AvgIpc) is 3.87. The molecule has 310 valence electrons. The molecule has 1 aromatic carbocycles. The number of aryl methyl sites for hydroxylation is 1. The number of nitrogens with zero attached hydrogens (tertiary/aromatic N) is 8. The summed E-state index contributed by atoms with van der Waals surface area (Å²) in [6.45, 7) is 8.67. The summed E-state index contributed by atoms with van der Waals surface area (Å²) in [6.07, 6.45) is 8.81. The molecule has 6 aliphatic heterocycles. The second kappa shape index (κ2) is 15.7. The number of nitrogens with two attached hydrogens (primary N) is 1. The molecule has 6 aliphatic rings. The number of rotatable bonds is 9. The molecule has 17 heteroatoms. The van der Waals surface area contributed by atoms with Gasteiger partial charge in [0.25, 0.3) is 17.7 Å². The van der Waals surface area contributed by atoms with Gasteiger partial charge in [0.15, 0.2) is 0 Å². The molecule has 2 unspecified atom stereocenters. The number of likely N-dealkylation sites (tertiary alicyclic amines) is 2. The van der Waals surface area contributed by atoms with Gasteiger partial charge in [-0.1, -0.05) is 0 Å². The normalized spacial score (nSPS) is 24.1. The zero-order valence-electron chi connectivity index (χ0n) is 33.4. The number of fused-ring (bicyclic) bond motifs is 1. The van der Waals surface area contributed by atoms with E-state index in [4.69, 9.17) is 10.7 Å². The first-order valence-corrected chi connectivity index (χ1v) is 21.7. The number of anilines is 2. The van der Waals surface area contributed by atoms with Gasteiger partial charge < -0.3 is 25.3 Å². The number of amides is 6. The van der Waals surface area contributed by atoms with Gasteiger partial charge in [-0.05, 0) is 113 Å². The van der Waals surface area contributed by atoms with E-state index in [2.05, 4.69) is 34.3 Å². The van der Waals surface area contributed by atoms with Crippen LogP contribution in [0.5, 0.6) is 0 Å². The second-order valence-corrected chi connectivity index (χ2v) is 18.1. The summed E-state index contributed by atoms with van der Waals surface area (Å²) >= 11 is 1.38. The predicted molar refractivity (Wildman–Crippen MR) is 218 cm³/mol. The minimum absolute atomic E-state index is 0.0886. The predicted octanol–water partition coefficient (Wildman–Crippen LogP) is 2.53. The van der Waals surface area contributed by atoms with Gasteiger partial charge in [0.2, 0.25) is 17.7 Å². The molecule has 2 aromatic heterocycles. The molecule has 0 aliphatic carbocycles. The summed E-state index contributed by atoms with van der Waals surface area (Å²) in [5, 5.41) is 2.25. The van der Waals surface area contributed by atoms with Crippen LogP contribution in [0.1, 0.15) is 105 Å². The zero-order chi connectivity index (χ0) is 41.0. The van der Waals surface area contributed by atoms with Crippen LogP contribution in [-0.2, 0) is 20.8 Å². The molecule has 16 nitrogen and oxygen atoms in total. The third kappa shape index (κ3) is 7.47. The van der Waals surface area contributed by atoms with Crippen molar-refractivity contribution in [2.24, 2.45) is 17.1 Å². The number of hydrogen-bond donors (Lipinski definition) is 2. The largest absolute Gasteiger partial charge is 0.371 e. The van der Waals surface area contributed by atoms with Crippen molar-refractivity contribution < 1.29 is 28.8 Å². The van der Waals surface area contributed by atoms with Gasteiger partial charge in [0.05, 0.1) is 34.1 Å². The number of aromatic nitrogens is 3. The van der Waals surface area contributed by atoms with E-state index in [1.165, 1.54) is 11.5 Å². The standard InChI is InChI=1S/C42H50N10O6S/c1-25-19-29(59-47-25)21-32-36(37(43)54)44-22-34(45-32)50-13-2-3-28(24-50)51-18-12-42(41(51)58)10-16-48(17-11-42)23-26-8-14-49(15-9-26)27-4-5-30-31(20-27)40(57)52(39(30)56)33-6-7-35(53)46-38(33)55/h4-5,19-20,22,26,28,33H,2-3,6-18,21,23-24H2,1H3,(H2,43,54)(H,46,53,55). The highest BCUT2D eigenvalue weighted by atomic mass is 32.1. The van der Waals surface area contributed by atoms with Crippen LogP contribution in [0.3, 0.4) is 0 Å². The van der Waals surface area contributed by atoms with Crippen molar-refractivity contribution in [2.45, 2.75) is 83.2 Å². The molecule has 0 saturated carbocycles. The van der Waals surface area contributed by atoms with Gasteiger partial charge in [-0.15, -0.1) is 0 Å². The van der Waals surface area contributed by atoms with E-state index in [9.17, 15) is 28.8 Å². The molecule has 59 heavy (non-hydrogen) atoms. The van der Waals surface area contributed by atoms with E-state index in [0.29, 0.717) is 47.4 Å². The van der Waals surface area contributed by atoms with E-state index in [1.807, 2.05) is 19.1 Å². The Morgan fingerprint density at radius 2 is 1.68 bits per heavy atom. The Hall–Kier alpha value is -5.29. The van der Waals surface area contributed by atoms with Crippen LogP contribution in [0.4, 0.5) is 11.5 Å². The Balaban J connectivity index is 0.764. The first-order chi connectivity index (χ1) is 28.5. The fourth-order valence-electron chi connectivity index (χ4n) is 10.2.